The van der Waals surface area contributed by atoms with Crippen molar-refractivity contribution >= 4 is 29.1 Å². The molecule has 124 valence electrons. The highest BCUT2D eigenvalue weighted by molar-refractivity contribution is 6.37. The van der Waals surface area contributed by atoms with Gasteiger partial charge in [0, 0.05) is 6.20 Å². The van der Waals surface area contributed by atoms with E-state index in [-0.39, 0.29) is 18.3 Å². The zero-order valence-corrected chi connectivity index (χ0v) is 13.9. The van der Waals surface area contributed by atoms with Gasteiger partial charge in [-0.15, -0.1) is 0 Å². The second kappa shape index (κ2) is 7.42. The standard InChI is InChI=1S/C16H13Cl2N3O3/c17-12-4-1-5-13(18)15(12)24-10-21-7-6-14(20-21)16(22)19-9-11-3-2-8-23-11/h1-8H,9-10H2,(H,19,22). The van der Waals surface area contributed by atoms with Gasteiger partial charge in [-0.1, -0.05) is 29.3 Å². The van der Waals surface area contributed by atoms with Gasteiger partial charge in [0.2, 0.25) is 0 Å². The van der Waals surface area contributed by atoms with Crippen molar-refractivity contribution in [3.8, 4) is 5.75 Å². The molecular formula is C16H13Cl2N3O3. The van der Waals surface area contributed by atoms with Crippen molar-refractivity contribution in [2.45, 2.75) is 13.3 Å². The van der Waals surface area contributed by atoms with Crippen LogP contribution >= 0.6 is 23.2 Å². The lowest BCUT2D eigenvalue weighted by Gasteiger charge is -2.09. The van der Waals surface area contributed by atoms with Crippen LogP contribution in [0.3, 0.4) is 0 Å². The van der Waals surface area contributed by atoms with Gasteiger partial charge >= 0.3 is 0 Å². The van der Waals surface area contributed by atoms with Gasteiger partial charge in [0.05, 0.1) is 22.9 Å². The largest absolute Gasteiger partial charge is 0.468 e. The van der Waals surface area contributed by atoms with Crippen LogP contribution in [0.5, 0.6) is 5.75 Å². The van der Waals surface area contributed by atoms with Crippen molar-refractivity contribution in [1.82, 2.24) is 15.1 Å². The molecule has 0 atom stereocenters. The molecule has 1 N–H and O–H groups in total. The Morgan fingerprint density at radius 3 is 2.71 bits per heavy atom. The SMILES string of the molecule is O=C(NCc1ccco1)c1ccn(COc2c(Cl)cccc2Cl)n1. The number of carbonyl (C=O) groups is 1. The average molecular weight is 366 g/mol. The Kier molecular flexibility index (Phi) is 5.08. The molecule has 24 heavy (non-hydrogen) atoms. The lowest BCUT2D eigenvalue weighted by atomic mass is 10.3. The van der Waals surface area contributed by atoms with Crippen LogP contribution in [-0.2, 0) is 13.3 Å². The first-order chi connectivity index (χ1) is 11.6. The number of benzene rings is 1. The fourth-order valence-corrected chi connectivity index (χ4v) is 2.48. The quantitative estimate of drug-likeness (QED) is 0.722. The summed E-state index contributed by atoms with van der Waals surface area (Å²) in [5.41, 5.74) is 0.274. The summed E-state index contributed by atoms with van der Waals surface area (Å²) in [5, 5.41) is 7.68. The maximum absolute atomic E-state index is 12.0. The first-order valence-corrected chi connectivity index (χ1v) is 7.80. The van der Waals surface area contributed by atoms with Gasteiger partial charge in [0.25, 0.3) is 5.91 Å². The van der Waals surface area contributed by atoms with Crippen molar-refractivity contribution in [1.29, 1.82) is 0 Å². The molecule has 0 aliphatic rings. The summed E-state index contributed by atoms with van der Waals surface area (Å²) >= 11 is 12.1. The predicted molar refractivity (Wildman–Crippen MR) is 89.2 cm³/mol. The summed E-state index contributed by atoms with van der Waals surface area (Å²) in [7, 11) is 0. The summed E-state index contributed by atoms with van der Waals surface area (Å²) in [6.07, 6.45) is 3.18. The molecule has 0 radical (unpaired) electrons. The molecule has 0 fully saturated rings. The van der Waals surface area contributed by atoms with Crippen molar-refractivity contribution in [2.75, 3.05) is 0 Å². The number of amides is 1. The molecule has 0 spiro atoms. The molecule has 0 unspecified atom stereocenters. The van der Waals surface area contributed by atoms with Crippen molar-refractivity contribution in [3.63, 3.8) is 0 Å². The van der Waals surface area contributed by atoms with E-state index in [0.717, 1.165) is 0 Å². The van der Waals surface area contributed by atoms with Gasteiger partial charge in [0.1, 0.15) is 11.5 Å². The fourth-order valence-electron chi connectivity index (χ4n) is 1.98. The summed E-state index contributed by atoms with van der Waals surface area (Å²) < 4.78 is 12.2. The molecule has 0 aliphatic carbocycles. The molecule has 2 heterocycles. The van der Waals surface area contributed by atoms with E-state index in [4.69, 9.17) is 32.4 Å². The van der Waals surface area contributed by atoms with E-state index in [1.54, 1.807) is 48.9 Å². The number of hydrogen-bond donors (Lipinski definition) is 1. The number of para-hydroxylation sites is 1. The lowest BCUT2D eigenvalue weighted by molar-refractivity contribution is 0.0941. The highest BCUT2D eigenvalue weighted by Gasteiger charge is 2.11. The van der Waals surface area contributed by atoms with Crippen molar-refractivity contribution in [3.05, 3.63) is 70.4 Å². The number of furan rings is 1. The molecule has 1 amide bonds. The number of hydrogen-bond acceptors (Lipinski definition) is 4. The van der Waals surface area contributed by atoms with Crippen LogP contribution in [0.4, 0.5) is 0 Å². The highest BCUT2D eigenvalue weighted by atomic mass is 35.5. The number of nitrogens with zero attached hydrogens (tertiary/aromatic N) is 2. The average Bonchev–Trinajstić information content (AvgIpc) is 3.24. The van der Waals surface area contributed by atoms with Crippen LogP contribution in [0.1, 0.15) is 16.2 Å². The Labute approximate surface area is 147 Å². The summed E-state index contributed by atoms with van der Waals surface area (Å²) in [4.78, 5) is 12.0. The molecule has 1 aromatic carbocycles. The van der Waals surface area contributed by atoms with Crippen LogP contribution in [0, 0.1) is 0 Å². The maximum atomic E-state index is 12.0. The number of nitrogens with one attached hydrogen (secondary N) is 1. The van der Waals surface area contributed by atoms with E-state index in [1.165, 1.54) is 4.68 Å². The number of rotatable bonds is 6. The van der Waals surface area contributed by atoms with Gasteiger partial charge in [-0.3, -0.25) is 4.79 Å². The normalized spacial score (nSPS) is 10.6. The summed E-state index contributed by atoms with van der Waals surface area (Å²) in [5.74, 6) is 0.737. The molecule has 3 aromatic rings. The van der Waals surface area contributed by atoms with E-state index in [2.05, 4.69) is 10.4 Å². The van der Waals surface area contributed by atoms with Gasteiger partial charge in [0.15, 0.2) is 12.5 Å². The van der Waals surface area contributed by atoms with E-state index in [9.17, 15) is 4.79 Å². The molecule has 0 saturated carbocycles. The Hall–Kier alpha value is -2.44. The van der Waals surface area contributed by atoms with Crippen LogP contribution in [0.15, 0.2) is 53.3 Å². The third kappa shape index (κ3) is 3.90. The van der Waals surface area contributed by atoms with Crippen molar-refractivity contribution < 1.29 is 13.9 Å². The Balaban J connectivity index is 1.58. The lowest BCUT2D eigenvalue weighted by Crippen LogP contribution is -2.23. The van der Waals surface area contributed by atoms with Crippen LogP contribution in [-0.4, -0.2) is 15.7 Å². The first-order valence-electron chi connectivity index (χ1n) is 7.04. The predicted octanol–water partition coefficient (Wildman–Crippen LogP) is 3.75. The Bertz CT molecular complexity index is 811. The van der Waals surface area contributed by atoms with Crippen LogP contribution in [0.2, 0.25) is 10.0 Å². The molecule has 3 rings (SSSR count). The summed E-state index contributed by atoms with van der Waals surface area (Å²) in [6, 6.07) is 10.2. The molecule has 2 aromatic heterocycles. The van der Waals surface area contributed by atoms with Crippen LogP contribution in [0.25, 0.3) is 0 Å². The Morgan fingerprint density at radius 2 is 2.00 bits per heavy atom. The number of aromatic nitrogens is 2. The Morgan fingerprint density at radius 1 is 1.21 bits per heavy atom. The fraction of sp³-hybridized carbons (Fsp3) is 0.125. The second-order valence-electron chi connectivity index (χ2n) is 4.83. The molecule has 0 saturated heterocycles. The molecule has 0 aliphatic heterocycles. The van der Waals surface area contributed by atoms with Crippen LogP contribution < -0.4 is 10.1 Å². The monoisotopic (exact) mass is 365 g/mol. The molecule has 6 nitrogen and oxygen atoms in total. The first kappa shape index (κ1) is 16.4. The molecule has 0 bridgehead atoms. The van der Waals surface area contributed by atoms with Gasteiger partial charge in [-0.05, 0) is 30.3 Å². The second-order valence-corrected chi connectivity index (χ2v) is 5.64. The van der Waals surface area contributed by atoms with Crippen molar-refractivity contribution in [2.24, 2.45) is 0 Å². The topological polar surface area (TPSA) is 69.3 Å². The maximum Gasteiger partial charge on any atom is 0.272 e. The third-order valence-electron chi connectivity index (χ3n) is 3.14. The molecular weight excluding hydrogens is 353 g/mol. The van der Waals surface area contributed by atoms with E-state index >= 15 is 0 Å². The zero-order valence-electron chi connectivity index (χ0n) is 12.4. The van der Waals surface area contributed by atoms with E-state index < -0.39 is 0 Å². The van der Waals surface area contributed by atoms with Gasteiger partial charge in [-0.25, -0.2) is 4.68 Å². The number of halogens is 2. The zero-order chi connectivity index (χ0) is 16.9. The van der Waals surface area contributed by atoms with E-state index in [0.29, 0.717) is 28.1 Å². The highest BCUT2D eigenvalue weighted by Crippen LogP contribution is 2.32. The minimum atomic E-state index is -0.305. The van der Waals surface area contributed by atoms with Gasteiger partial charge < -0.3 is 14.5 Å². The smallest absolute Gasteiger partial charge is 0.272 e. The molecule has 8 heteroatoms. The number of ether oxygens (including phenoxy) is 1. The van der Waals surface area contributed by atoms with E-state index in [1.807, 2.05) is 0 Å². The minimum absolute atomic E-state index is 0.0783. The third-order valence-corrected chi connectivity index (χ3v) is 3.73. The number of carbonyl (C=O) groups excluding carboxylic acids is 1. The summed E-state index contributed by atoms with van der Waals surface area (Å²) in [6.45, 7) is 0.374. The minimum Gasteiger partial charge on any atom is -0.468 e. The van der Waals surface area contributed by atoms with Gasteiger partial charge in [-0.2, -0.15) is 5.10 Å².